The molecule has 20 heavy (non-hydrogen) atoms. The van der Waals surface area contributed by atoms with Gasteiger partial charge in [0.15, 0.2) is 0 Å². The lowest BCUT2D eigenvalue weighted by molar-refractivity contribution is -0.149. The van der Waals surface area contributed by atoms with Gasteiger partial charge in [-0.2, -0.15) is 0 Å². The van der Waals surface area contributed by atoms with Crippen LogP contribution in [0.3, 0.4) is 0 Å². The molecule has 1 fully saturated rings. The van der Waals surface area contributed by atoms with Crippen molar-refractivity contribution in [3.63, 3.8) is 0 Å². The van der Waals surface area contributed by atoms with Gasteiger partial charge in [0.25, 0.3) is 0 Å². The summed E-state index contributed by atoms with van der Waals surface area (Å²) in [7, 11) is 0. The van der Waals surface area contributed by atoms with Crippen LogP contribution in [0.15, 0.2) is 24.3 Å². The molecule has 0 radical (unpaired) electrons. The maximum Gasteiger partial charge on any atom is 0.326 e. The summed E-state index contributed by atoms with van der Waals surface area (Å²) in [5.74, 6) is -1.08. The van der Waals surface area contributed by atoms with E-state index in [9.17, 15) is 14.7 Å². The fourth-order valence-corrected chi connectivity index (χ4v) is 3.14. The Morgan fingerprint density at radius 1 is 1.30 bits per heavy atom. The number of nitrogens with one attached hydrogen (secondary N) is 1. The molecule has 3 rings (SSSR count). The minimum Gasteiger partial charge on any atom is -0.480 e. The number of anilines is 1. The summed E-state index contributed by atoms with van der Waals surface area (Å²) in [5, 5.41) is 12.4. The van der Waals surface area contributed by atoms with Crippen LogP contribution in [0.2, 0.25) is 0 Å². The van der Waals surface area contributed by atoms with Gasteiger partial charge in [-0.3, -0.25) is 4.79 Å². The molecule has 0 spiro atoms. The van der Waals surface area contributed by atoms with Gasteiger partial charge in [-0.25, -0.2) is 4.79 Å². The number of rotatable bonds is 2. The van der Waals surface area contributed by atoms with Gasteiger partial charge in [-0.05, 0) is 30.9 Å². The SMILES string of the molecule is O=C(O)[C@H]1CCCN1C(=O)C1CNc2ccccc2C1. The van der Waals surface area contributed by atoms with Crippen LogP contribution < -0.4 is 5.32 Å². The Morgan fingerprint density at radius 3 is 2.90 bits per heavy atom. The van der Waals surface area contributed by atoms with Crippen molar-refractivity contribution >= 4 is 17.6 Å². The lowest BCUT2D eigenvalue weighted by atomic mass is 9.92. The maximum absolute atomic E-state index is 12.5. The first-order valence-corrected chi connectivity index (χ1v) is 7.02. The third kappa shape index (κ3) is 2.24. The first-order valence-electron chi connectivity index (χ1n) is 7.02. The molecule has 0 saturated carbocycles. The fraction of sp³-hybridized carbons (Fsp3) is 0.467. The lowest BCUT2D eigenvalue weighted by Crippen LogP contribution is -2.46. The van der Waals surface area contributed by atoms with Gasteiger partial charge in [0, 0.05) is 18.8 Å². The number of amides is 1. The molecule has 1 amide bonds. The van der Waals surface area contributed by atoms with E-state index in [0.29, 0.717) is 25.9 Å². The Labute approximate surface area is 117 Å². The highest BCUT2D eigenvalue weighted by Gasteiger charge is 2.37. The van der Waals surface area contributed by atoms with E-state index in [1.807, 2.05) is 24.3 Å². The number of likely N-dealkylation sites (tertiary alicyclic amines) is 1. The third-order valence-electron chi connectivity index (χ3n) is 4.19. The van der Waals surface area contributed by atoms with E-state index in [4.69, 9.17) is 0 Å². The molecule has 1 unspecified atom stereocenters. The van der Waals surface area contributed by atoms with Crippen LogP contribution >= 0.6 is 0 Å². The van der Waals surface area contributed by atoms with Crippen LogP contribution in [0.25, 0.3) is 0 Å². The highest BCUT2D eigenvalue weighted by molar-refractivity contribution is 5.86. The second-order valence-corrected chi connectivity index (χ2v) is 5.47. The van der Waals surface area contributed by atoms with Crippen LogP contribution in [0, 0.1) is 5.92 Å². The summed E-state index contributed by atoms with van der Waals surface area (Å²) in [6, 6.07) is 7.31. The van der Waals surface area contributed by atoms with Crippen LogP contribution in [0.4, 0.5) is 5.69 Å². The summed E-state index contributed by atoms with van der Waals surface area (Å²) in [5.41, 5.74) is 2.20. The molecule has 2 heterocycles. The van der Waals surface area contributed by atoms with Crippen molar-refractivity contribution in [2.24, 2.45) is 5.92 Å². The van der Waals surface area contributed by atoms with Crippen molar-refractivity contribution in [1.29, 1.82) is 0 Å². The number of hydrogen-bond acceptors (Lipinski definition) is 3. The minimum absolute atomic E-state index is 0.0306. The molecule has 0 bridgehead atoms. The molecule has 1 saturated heterocycles. The van der Waals surface area contributed by atoms with E-state index in [-0.39, 0.29) is 11.8 Å². The van der Waals surface area contributed by atoms with Gasteiger partial charge in [-0.1, -0.05) is 18.2 Å². The number of carbonyl (C=O) groups excluding carboxylic acids is 1. The maximum atomic E-state index is 12.5. The largest absolute Gasteiger partial charge is 0.480 e. The number of para-hydroxylation sites is 1. The second kappa shape index (κ2) is 5.15. The van der Waals surface area contributed by atoms with Gasteiger partial charge >= 0.3 is 5.97 Å². The van der Waals surface area contributed by atoms with E-state index in [0.717, 1.165) is 17.7 Å². The summed E-state index contributed by atoms with van der Waals surface area (Å²) in [4.78, 5) is 25.3. The van der Waals surface area contributed by atoms with Crippen molar-refractivity contribution < 1.29 is 14.7 Å². The molecule has 106 valence electrons. The van der Waals surface area contributed by atoms with Crippen molar-refractivity contribution in [2.75, 3.05) is 18.4 Å². The zero-order valence-electron chi connectivity index (χ0n) is 11.2. The van der Waals surface area contributed by atoms with Crippen LogP contribution in [-0.4, -0.2) is 41.0 Å². The van der Waals surface area contributed by atoms with Gasteiger partial charge in [0.05, 0.1) is 5.92 Å². The molecule has 2 aliphatic rings. The van der Waals surface area contributed by atoms with Crippen LogP contribution in [0.5, 0.6) is 0 Å². The Kier molecular flexibility index (Phi) is 3.34. The molecule has 0 aliphatic carbocycles. The predicted octanol–water partition coefficient (Wildman–Crippen LogP) is 1.35. The number of carboxylic acid groups (broad SMARTS) is 1. The molecule has 5 nitrogen and oxygen atoms in total. The van der Waals surface area contributed by atoms with Crippen molar-refractivity contribution in [3.8, 4) is 0 Å². The summed E-state index contributed by atoms with van der Waals surface area (Å²) >= 11 is 0. The number of nitrogens with zero attached hydrogens (tertiary/aromatic N) is 1. The predicted molar refractivity (Wildman–Crippen MR) is 74.5 cm³/mol. The van der Waals surface area contributed by atoms with Gasteiger partial charge < -0.3 is 15.3 Å². The van der Waals surface area contributed by atoms with E-state index in [2.05, 4.69) is 5.32 Å². The van der Waals surface area contributed by atoms with Crippen molar-refractivity contribution in [1.82, 2.24) is 4.90 Å². The molecular weight excluding hydrogens is 256 g/mol. The summed E-state index contributed by atoms with van der Waals surface area (Å²) in [6.07, 6.45) is 2.03. The molecule has 2 N–H and O–H groups in total. The molecule has 0 aromatic heterocycles. The van der Waals surface area contributed by atoms with E-state index in [1.165, 1.54) is 0 Å². The molecule has 5 heteroatoms. The number of hydrogen-bond donors (Lipinski definition) is 2. The first-order chi connectivity index (χ1) is 9.66. The summed E-state index contributed by atoms with van der Waals surface area (Å²) < 4.78 is 0. The number of carbonyl (C=O) groups is 2. The zero-order chi connectivity index (χ0) is 14.1. The molecule has 1 aromatic carbocycles. The van der Waals surface area contributed by atoms with Gasteiger partial charge in [0.1, 0.15) is 6.04 Å². The van der Waals surface area contributed by atoms with Crippen molar-refractivity contribution in [2.45, 2.75) is 25.3 Å². The average Bonchev–Trinajstić information content (AvgIpc) is 2.95. The Balaban J connectivity index is 1.74. The quantitative estimate of drug-likeness (QED) is 0.854. The van der Waals surface area contributed by atoms with Gasteiger partial charge in [-0.15, -0.1) is 0 Å². The standard InChI is InChI=1S/C15H18N2O3/c18-14(17-7-3-6-13(17)15(19)20)11-8-10-4-1-2-5-12(10)16-9-11/h1-2,4-5,11,13,16H,3,6-9H2,(H,19,20)/t11?,13-/m1/s1. The molecular formula is C15H18N2O3. The third-order valence-corrected chi connectivity index (χ3v) is 4.19. The Bertz CT molecular complexity index is 544. The normalized spacial score (nSPS) is 24.9. The van der Waals surface area contributed by atoms with Crippen molar-refractivity contribution in [3.05, 3.63) is 29.8 Å². The Hall–Kier alpha value is -2.04. The number of fused-ring (bicyclic) bond motifs is 1. The average molecular weight is 274 g/mol. The van der Waals surface area contributed by atoms with Crippen LogP contribution in [0.1, 0.15) is 18.4 Å². The smallest absolute Gasteiger partial charge is 0.326 e. The highest BCUT2D eigenvalue weighted by Crippen LogP contribution is 2.27. The minimum atomic E-state index is -0.889. The monoisotopic (exact) mass is 274 g/mol. The number of benzene rings is 1. The van der Waals surface area contributed by atoms with E-state index >= 15 is 0 Å². The molecule has 1 aromatic rings. The number of aliphatic carboxylic acids is 1. The van der Waals surface area contributed by atoms with Gasteiger partial charge in [0.2, 0.25) is 5.91 Å². The first kappa shape index (κ1) is 13.0. The highest BCUT2D eigenvalue weighted by atomic mass is 16.4. The molecule has 2 atom stereocenters. The molecule has 2 aliphatic heterocycles. The number of carboxylic acids is 1. The summed E-state index contributed by atoms with van der Waals surface area (Å²) in [6.45, 7) is 1.15. The van der Waals surface area contributed by atoms with E-state index < -0.39 is 12.0 Å². The van der Waals surface area contributed by atoms with Crippen LogP contribution in [-0.2, 0) is 16.0 Å². The zero-order valence-corrected chi connectivity index (χ0v) is 11.2. The second-order valence-electron chi connectivity index (χ2n) is 5.47. The fourth-order valence-electron chi connectivity index (χ4n) is 3.14. The Morgan fingerprint density at radius 2 is 2.10 bits per heavy atom. The lowest BCUT2D eigenvalue weighted by Gasteiger charge is -2.30. The topological polar surface area (TPSA) is 69.6 Å². The van der Waals surface area contributed by atoms with E-state index in [1.54, 1.807) is 4.90 Å².